The van der Waals surface area contributed by atoms with Gasteiger partial charge < -0.3 is 10.3 Å². The van der Waals surface area contributed by atoms with Crippen molar-refractivity contribution >= 4 is 16.8 Å². The van der Waals surface area contributed by atoms with E-state index < -0.39 is 34.8 Å². The number of pyridine rings is 1. The Kier molecular flexibility index (Phi) is 5.07. The number of nitrogens with one attached hydrogen (secondary N) is 2. The lowest BCUT2D eigenvalue weighted by Gasteiger charge is -2.21. The van der Waals surface area contributed by atoms with Crippen LogP contribution >= 0.6 is 0 Å². The third-order valence-corrected chi connectivity index (χ3v) is 4.43. The van der Waals surface area contributed by atoms with Gasteiger partial charge in [0.1, 0.15) is 11.9 Å². The van der Waals surface area contributed by atoms with Crippen LogP contribution in [0.15, 0.2) is 35.1 Å². The molecule has 0 spiro atoms. The van der Waals surface area contributed by atoms with Crippen molar-refractivity contribution in [1.29, 1.82) is 5.26 Å². The van der Waals surface area contributed by atoms with Crippen molar-refractivity contribution in [2.45, 2.75) is 25.8 Å². The van der Waals surface area contributed by atoms with E-state index in [1.54, 1.807) is 6.07 Å². The van der Waals surface area contributed by atoms with E-state index in [1.165, 1.54) is 32.0 Å². The van der Waals surface area contributed by atoms with Crippen LogP contribution in [0.5, 0.6) is 0 Å². The predicted octanol–water partition coefficient (Wildman–Crippen LogP) is 2.61. The Morgan fingerprint density at radius 1 is 1.28 bits per heavy atom. The smallest absolute Gasteiger partial charge is 0.342 e. The second kappa shape index (κ2) is 7.35. The van der Waals surface area contributed by atoms with E-state index in [4.69, 9.17) is 5.26 Å². The number of nitrogens with zero attached hydrogens (tertiary/aromatic N) is 3. The number of rotatable bonds is 4. The Morgan fingerprint density at radius 3 is 2.62 bits per heavy atom. The molecule has 3 rings (SSSR count). The fourth-order valence-electron chi connectivity index (χ4n) is 2.91. The Balaban J connectivity index is 1.96. The van der Waals surface area contributed by atoms with Crippen LogP contribution in [0, 0.1) is 24.1 Å². The van der Waals surface area contributed by atoms with Gasteiger partial charge in [-0.15, -0.1) is 5.10 Å². The van der Waals surface area contributed by atoms with Crippen LogP contribution in [-0.2, 0) is 10.7 Å². The van der Waals surface area contributed by atoms with Gasteiger partial charge in [-0.1, -0.05) is 0 Å². The van der Waals surface area contributed by atoms with E-state index in [1.807, 2.05) is 0 Å². The topological polar surface area (TPSA) is 112 Å². The second-order valence-electron chi connectivity index (χ2n) is 6.37. The molecule has 0 aliphatic rings. The van der Waals surface area contributed by atoms with Crippen LogP contribution in [0.1, 0.15) is 35.5 Å². The quantitative estimate of drug-likeness (QED) is 0.698. The Morgan fingerprint density at radius 2 is 2.00 bits per heavy atom. The van der Waals surface area contributed by atoms with Gasteiger partial charge in [0.05, 0.1) is 17.3 Å². The normalized spacial score (nSPS) is 12.4. The van der Waals surface area contributed by atoms with E-state index >= 15 is 0 Å². The van der Waals surface area contributed by atoms with Gasteiger partial charge in [0, 0.05) is 10.9 Å². The lowest BCUT2D eigenvalue weighted by molar-refractivity contribution is -0.148. The number of nitriles is 1. The highest BCUT2D eigenvalue weighted by Crippen LogP contribution is 2.32. The number of carbonyl (C=O) groups is 1. The van der Waals surface area contributed by atoms with Crippen LogP contribution in [0.25, 0.3) is 10.9 Å². The standard InChI is InChI=1S/C19H14F3N5O2/c1-9-13-7-11(20)3-5-15(13)25-17(28)16(9)19(21,22)18(29)24-10(2)14-6-4-12(8-23)26-27-14/h3-7,10H,1-2H3,(H,24,29)(H,25,28)/t10-/m1/s1. The molecule has 29 heavy (non-hydrogen) atoms. The number of carbonyl (C=O) groups excluding carboxylic acids is 1. The molecule has 1 aromatic carbocycles. The number of aryl methyl sites for hydroxylation is 1. The van der Waals surface area contributed by atoms with Crippen molar-refractivity contribution < 1.29 is 18.0 Å². The fourth-order valence-corrected chi connectivity index (χ4v) is 2.91. The number of amides is 1. The van der Waals surface area contributed by atoms with Crippen molar-refractivity contribution in [3.8, 4) is 6.07 Å². The third-order valence-electron chi connectivity index (χ3n) is 4.43. The van der Waals surface area contributed by atoms with Crippen LogP contribution in [0.3, 0.4) is 0 Å². The first-order valence-corrected chi connectivity index (χ1v) is 8.40. The maximum absolute atomic E-state index is 14.9. The maximum atomic E-state index is 14.9. The van der Waals surface area contributed by atoms with Crippen LogP contribution in [-0.4, -0.2) is 21.1 Å². The largest absolute Gasteiger partial charge is 0.355 e. The SMILES string of the molecule is Cc1c(C(F)(F)C(=O)N[C@H](C)c2ccc(C#N)nn2)c(=O)[nH]c2ccc(F)cc12. The number of halogens is 3. The summed E-state index contributed by atoms with van der Waals surface area (Å²) in [6.07, 6.45) is 0. The zero-order valence-corrected chi connectivity index (χ0v) is 15.3. The van der Waals surface area contributed by atoms with Crippen molar-refractivity contribution in [3.05, 3.63) is 69.0 Å². The van der Waals surface area contributed by atoms with E-state index in [-0.39, 0.29) is 27.9 Å². The summed E-state index contributed by atoms with van der Waals surface area (Å²) in [5, 5.41) is 18.1. The molecule has 0 aliphatic heterocycles. The molecular formula is C19H14F3N5O2. The number of hydrogen-bond acceptors (Lipinski definition) is 5. The number of hydrogen-bond donors (Lipinski definition) is 2. The number of fused-ring (bicyclic) bond motifs is 1. The Bertz CT molecular complexity index is 1200. The number of H-pyrrole nitrogens is 1. The molecule has 0 saturated heterocycles. The Labute approximate surface area is 162 Å². The van der Waals surface area contributed by atoms with Crippen LogP contribution in [0.4, 0.5) is 13.2 Å². The molecule has 148 valence electrons. The molecule has 7 nitrogen and oxygen atoms in total. The number of alkyl halides is 2. The van der Waals surface area contributed by atoms with E-state index in [0.717, 1.165) is 12.1 Å². The van der Waals surface area contributed by atoms with Gasteiger partial charge in [0.2, 0.25) is 0 Å². The summed E-state index contributed by atoms with van der Waals surface area (Å²) >= 11 is 0. The van der Waals surface area contributed by atoms with Gasteiger partial charge in [0.25, 0.3) is 11.5 Å². The van der Waals surface area contributed by atoms with Gasteiger partial charge in [-0.2, -0.15) is 19.1 Å². The molecule has 0 unspecified atom stereocenters. The summed E-state index contributed by atoms with van der Waals surface area (Å²) in [6.45, 7) is 2.62. The first-order chi connectivity index (χ1) is 13.6. The minimum absolute atomic E-state index is 0.0307. The van der Waals surface area contributed by atoms with Gasteiger partial charge in [0.15, 0.2) is 5.69 Å². The molecule has 1 amide bonds. The van der Waals surface area contributed by atoms with Crippen molar-refractivity contribution in [2.24, 2.45) is 0 Å². The monoisotopic (exact) mass is 401 g/mol. The molecule has 0 saturated carbocycles. The molecule has 3 aromatic rings. The summed E-state index contributed by atoms with van der Waals surface area (Å²) in [7, 11) is 0. The molecule has 1 atom stereocenters. The molecule has 2 heterocycles. The zero-order chi connectivity index (χ0) is 21.3. The second-order valence-corrected chi connectivity index (χ2v) is 6.37. The average Bonchev–Trinajstić information content (AvgIpc) is 2.68. The lowest BCUT2D eigenvalue weighted by atomic mass is 9.99. The summed E-state index contributed by atoms with van der Waals surface area (Å²) < 4.78 is 43.3. The van der Waals surface area contributed by atoms with Crippen LogP contribution < -0.4 is 10.9 Å². The van der Waals surface area contributed by atoms with Gasteiger partial charge >= 0.3 is 5.92 Å². The maximum Gasteiger partial charge on any atom is 0.355 e. The third kappa shape index (κ3) is 3.67. The summed E-state index contributed by atoms with van der Waals surface area (Å²) in [6, 6.07) is 6.84. The Hall–Kier alpha value is -3.74. The van der Waals surface area contributed by atoms with Crippen LogP contribution in [0.2, 0.25) is 0 Å². The first-order valence-electron chi connectivity index (χ1n) is 8.40. The first kappa shape index (κ1) is 20.0. The van der Waals surface area contributed by atoms with E-state index in [2.05, 4.69) is 20.5 Å². The van der Waals surface area contributed by atoms with Gasteiger partial charge in [-0.3, -0.25) is 9.59 Å². The average molecular weight is 401 g/mol. The highest BCUT2D eigenvalue weighted by atomic mass is 19.3. The molecule has 10 heteroatoms. The van der Waals surface area contributed by atoms with E-state index in [0.29, 0.717) is 0 Å². The lowest BCUT2D eigenvalue weighted by Crippen LogP contribution is -2.43. The molecule has 2 aromatic heterocycles. The minimum atomic E-state index is -4.19. The molecular weight excluding hydrogens is 387 g/mol. The summed E-state index contributed by atoms with van der Waals surface area (Å²) in [5.74, 6) is -6.58. The van der Waals surface area contributed by atoms with Gasteiger partial charge in [-0.05, 0) is 49.7 Å². The van der Waals surface area contributed by atoms with Crippen molar-refractivity contribution in [3.63, 3.8) is 0 Å². The van der Waals surface area contributed by atoms with Crippen molar-refractivity contribution in [2.75, 3.05) is 0 Å². The number of aromatic nitrogens is 3. The molecule has 0 radical (unpaired) electrons. The fraction of sp³-hybridized carbons (Fsp3) is 0.211. The summed E-state index contributed by atoms with van der Waals surface area (Å²) in [5.41, 5.74) is -2.05. The minimum Gasteiger partial charge on any atom is -0.342 e. The zero-order valence-electron chi connectivity index (χ0n) is 15.3. The van der Waals surface area contributed by atoms with Gasteiger partial charge in [-0.25, -0.2) is 4.39 Å². The molecule has 0 bridgehead atoms. The number of aromatic amines is 1. The molecule has 2 N–H and O–H groups in total. The number of benzene rings is 1. The summed E-state index contributed by atoms with van der Waals surface area (Å²) in [4.78, 5) is 26.8. The van der Waals surface area contributed by atoms with E-state index in [9.17, 15) is 22.8 Å². The van der Waals surface area contributed by atoms with Crippen molar-refractivity contribution in [1.82, 2.24) is 20.5 Å². The predicted molar refractivity (Wildman–Crippen MR) is 96.5 cm³/mol. The highest BCUT2D eigenvalue weighted by Gasteiger charge is 2.45. The highest BCUT2D eigenvalue weighted by molar-refractivity contribution is 5.89. The molecule has 0 fully saturated rings. The molecule has 0 aliphatic carbocycles.